The van der Waals surface area contributed by atoms with Gasteiger partial charge in [-0.3, -0.25) is 19.0 Å². The van der Waals surface area contributed by atoms with Gasteiger partial charge in [-0.2, -0.15) is 0 Å². The zero-order valence-electron chi connectivity index (χ0n) is 16.5. The normalized spacial score (nSPS) is 13.8. The number of hydrogen-bond acceptors (Lipinski definition) is 7. The number of amides is 1. The molecule has 1 aliphatic rings. The van der Waals surface area contributed by atoms with Crippen LogP contribution in [0.2, 0.25) is 0 Å². The molecule has 9 heteroatoms. The van der Waals surface area contributed by atoms with E-state index in [4.69, 9.17) is 9.47 Å². The average molecular weight is 427 g/mol. The lowest BCUT2D eigenvalue weighted by Crippen LogP contribution is -2.30. The summed E-state index contributed by atoms with van der Waals surface area (Å²) in [5.74, 6) is 0.312. The maximum Gasteiger partial charge on any atom is 0.326 e. The van der Waals surface area contributed by atoms with Gasteiger partial charge in [0.05, 0.1) is 25.5 Å². The van der Waals surface area contributed by atoms with Gasteiger partial charge in [-0.15, -0.1) is 11.3 Å². The van der Waals surface area contributed by atoms with Gasteiger partial charge >= 0.3 is 5.97 Å². The third-order valence-electron chi connectivity index (χ3n) is 4.97. The summed E-state index contributed by atoms with van der Waals surface area (Å²) in [6, 6.07) is 9.42. The molecule has 1 saturated heterocycles. The van der Waals surface area contributed by atoms with Crippen molar-refractivity contribution in [3.8, 4) is 16.2 Å². The summed E-state index contributed by atoms with van der Waals surface area (Å²) >= 11 is 1.33. The Balaban J connectivity index is 1.44. The minimum Gasteiger partial charge on any atom is -0.497 e. The number of rotatable bonds is 7. The molecule has 0 unspecified atom stereocenters. The summed E-state index contributed by atoms with van der Waals surface area (Å²) in [6.45, 7) is 0.985. The molecular formula is C21H21N3O5S. The van der Waals surface area contributed by atoms with Crippen molar-refractivity contribution in [3.05, 3.63) is 47.0 Å². The first-order valence-electron chi connectivity index (χ1n) is 9.62. The molecule has 156 valence electrons. The number of esters is 1. The molecule has 1 amide bonds. The van der Waals surface area contributed by atoms with Crippen molar-refractivity contribution in [1.29, 1.82) is 0 Å². The lowest BCUT2D eigenvalue weighted by atomic mass is 10.2. The molecule has 1 aromatic carbocycles. The van der Waals surface area contributed by atoms with Crippen molar-refractivity contribution in [1.82, 2.24) is 14.5 Å². The number of benzene rings is 1. The van der Waals surface area contributed by atoms with Gasteiger partial charge < -0.3 is 14.4 Å². The second-order valence-corrected chi connectivity index (χ2v) is 7.99. The van der Waals surface area contributed by atoms with Crippen LogP contribution < -0.4 is 10.3 Å². The molecular weight excluding hydrogens is 406 g/mol. The zero-order chi connectivity index (χ0) is 21.1. The van der Waals surface area contributed by atoms with Crippen LogP contribution in [0.15, 0.2) is 41.5 Å². The molecule has 0 aliphatic carbocycles. The smallest absolute Gasteiger partial charge is 0.326 e. The highest BCUT2D eigenvalue weighted by molar-refractivity contribution is 7.22. The maximum absolute atomic E-state index is 12.8. The Morgan fingerprint density at radius 2 is 2.03 bits per heavy atom. The first kappa shape index (κ1) is 20.1. The van der Waals surface area contributed by atoms with Gasteiger partial charge in [-0.25, -0.2) is 4.98 Å². The van der Waals surface area contributed by atoms with Crippen LogP contribution in [0.3, 0.4) is 0 Å². The first-order valence-corrected chi connectivity index (χ1v) is 10.4. The van der Waals surface area contributed by atoms with E-state index in [1.807, 2.05) is 30.3 Å². The molecule has 0 saturated carbocycles. The molecule has 0 radical (unpaired) electrons. The second kappa shape index (κ2) is 8.66. The Hall–Kier alpha value is -3.20. The monoisotopic (exact) mass is 427 g/mol. The molecule has 0 bridgehead atoms. The number of fused-ring (bicyclic) bond motifs is 1. The third-order valence-corrected chi connectivity index (χ3v) is 6.13. The van der Waals surface area contributed by atoms with E-state index in [1.165, 1.54) is 22.2 Å². The number of carbonyl (C=O) groups is 2. The highest BCUT2D eigenvalue weighted by atomic mass is 32.1. The summed E-state index contributed by atoms with van der Waals surface area (Å²) in [5, 5.41) is 0. The Bertz CT molecular complexity index is 1140. The van der Waals surface area contributed by atoms with E-state index in [9.17, 15) is 14.4 Å². The third kappa shape index (κ3) is 4.20. The zero-order valence-corrected chi connectivity index (χ0v) is 17.3. The van der Waals surface area contributed by atoms with Crippen molar-refractivity contribution in [2.75, 3.05) is 26.8 Å². The first-order chi connectivity index (χ1) is 14.5. The fourth-order valence-electron chi connectivity index (χ4n) is 3.35. The molecule has 0 spiro atoms. The molecule has 3 aromatic rings. The Kier molecular flexibility index (Phi) is 5.80. The topological polar surface area (TPSA) is 90.7 Å². The van der Waals surface area contributed by atoms with Gasteiger partial charge in [0.1, 0.15) is 23.6 Å². The molecule has 1 aliphatic heterocycles. The van der Waals surface area contributed by atoms with Crippen LogP contribution >= 0.6 is 11.3 Å². The second-order valence-electron chi connectivity index (χ2n) is 6.94. The van der Waals surface area contributed by atoms with E-state index in [-0.39, 0.29) is 24.6 Å². The molecule has 4 rings (SSSR count). The van der Waals surface area contributed by atoms with Crippen LogP contribution in [0.25, 0.3) is 20.7 Å². The van der Waals surface area contributed by atoms with E-state index >= 15 is 0 Å². The number of likely N-dealkylation sites (tertiary alicyclic amines) is 1. The van der Waals surface area contributed by atoms with E-state index in [0.717, 1.165) is 22.6 Å². The summed E-state index contributed by atoms with van der Waals surface area (Å²) in [6.07, 6.45) is 2.75. The van der Waals surface area contributed by atoms with Crippen LogP contribution in [-0.2, 0) is 20.9 Å². The number of thiophene rings is 1. The highest BCUT2D eigenvalue weighted by Crippen LogP contribution is 2.31. The molecule has 30 heavy (non-hydrogen) atoms. The van der Waals surface area contributed by atoms with Gasteiger partial charge in [0.25, 0.3) is 5.56 Å². The predicted octanol–water partition coefficient (Wildman–Crippen LogP) is 2.30. The predicted molar refractivity (Wildman–Crippen MR) is 113 cm³/mol. The molecule has 8 nitrogen and oxygen atoms in total. The van der Waals surface area contributed by atoms with Crippen LogP contribution in [0, 0.1) is 0 Å². The van der Waals surface area contributed by atoms with Crippen LogP contribution in [0.5, 0.6) is 5.75 Å². The summed E-state index contributed by atoms with van der Waals surface area (Å²) in [5.41, 5.74) is 1.27. The van der Waals surface area contributed by atoms with E-state index in [2.05, 4.69) is 4.98 Å². The molecule has 2 aromatic heterocycles. The largest absolute Gasteiger partial charge is 0.497 e. The highest BCUT2D eigenvalue weighted by Gasteiger charge is 2.20. The number of ether oxygens (including phenoxy) is 2. The van der Waals surface area contributed by atoms with E-state index < -0.39 is 5.97 Å². The summed E-state index contributed by atoms with van der Waals surface area (Å²) in [4.78, 5) is 43.4. The lowest BCUT2D eigenvalue weighted by Gasteiger charge is -2.15. The summed E-state index contributed by atoms with van der Waals surface area (Å²) < 4.78 is 12.1. The van der Waals surface area contributed by atoms with E-state index in [1.54, 1.807) is 12.0 Å². The van der Waals surface area contributed by atoms with Crippen molar-refractivity contribution >= 4 is 33.4 Å². The minimum absolute atomic E-state index is 0.0854. The van der Waals surface area contributed by atoms with Gasteiger partial charge in [0.15, 0.2) is 0 Å². The Labute approximate surface area is 176 Å². The number of methoxy groups -OCH3 is 1. The fraction of sp³-hybridized carbons (Fsp3) is 0.333. The average Bonchev–Trinajstić information content (AvgIpc) is 3.37. The number of nitrogens with zero attached hydrogens (tertiary/aromatic N) is 3. The van der Waals surface area contributed by atoms with Crippen LogP contribution in [0.4, 0.5) is 0 Å². The Morgan fingerprint density at radius 1 is 1.23 bits per heavy atom. The SMILES string of the molecule is COc1ccc(-c2cc3ncn(CC(=O)OCCN4CCCC4=O)c(=O)c3s2)cc1. The van der Waals surface area contributed by atoms with Gasteiger partial charge in [0.2, 0.25) is 5.91 Å². The number of carbonyl (C=O) groups excluding carboxylic acids is 2. The summed E-state index contributed by atoms with van der Waals surface area (Å²) in [7, 11) is 1.61. The van der Waals surface area contributed by atoms with Crippen molar-refractivity contribution in [2.45, 2.75) is 19.4 Å². The Morgan fingerprint density at radius 3 is 2.73 bits per heavy atom. The van der Waals surface area contributed by atoms with Gasteiger partial charge in [-0.1, -0.05) is 0 Å². The number of hydrogen-bond donors (Lipinski definition) is 0. The van der Waals surface area contributed by atoms with Gasteiger partial charge in [0, 0.05) is 17.8 Å². The van der Waals surface area contributed by atoms with Crippen molar-refractivity contribution in [3.63, 3.8) is 0 Å². The standard InChI is InChI=1S/C21H21N3O5S/c1-28-15-6-4-14(5-7-15)17-11-16-20(30-17)21(27)24(13-22-16)12-19(26)29-10-9-23-8-2-3-18(23)25/h4-7,11,13H,2-3,8-10,12H2,1H3. The number of aromatic nitrogens is 2. The van der Waals surface area contributed by atoms with Crippen molar-refractivity contribution in [2.24, 2.45) is 0 Å². The molecule has 0 N–H and O–H groups in total. The molecule has 0 atom stereocenters. The quantitative estimate of drug-likeness (QED) is 0.538. The molecule has 1 fully saturated rings. The fourth-order valence-corrected chi connectivity index (χ4v) is 4.42. The maximum atomic E-state index is 12.8. The minimum atomic E-state index is -0.531. The van der Waals surface area contributed by atoms with Crippen LogP contribution in [-0.4, -0.2) is 53.1 Å². The van der Waals surface area contributed by atoms with Gasteiger partial charge in [-0.05, 0) is 42.3 Å². The van der Waals surface area contributed by atoms with Crippen molar-refractivity contribution < 1.29 is 19.1 Å². The van der Waals surface area contributed by atoms with E-state index in [0.29, 0.717) is 29.7 Å². The molecule has 3 heterocycles. The van der Waals surface area contributed by atoms with Crippen LogP contribution in [0.1, 0.15) is 12.8 Å². The lowest BCUT2D eigenvalue weighted by molar-refractivity contribution is -0.146.